The molecule has 0 heterocycles. The number of rotatable bonds is 1. The zero-order valence-electron chi connectivity index (χ0n) is 9.29. The number of nitrogens with two attached hydrogens (primary N) is 1. The Labute approximate surface area is 90.4 Å². The van der Waals surface area contributed by atoms with Crippen molar-refractivity contribution in [1.29, 1.82) is 0 Å². The lowest BCUT2D eigenvalue weighted by Crippen LogP contribution is -2.56. The molecule has 3 nitrogen and oxygen atoms in total. The molecule has 0 radical (unpaired) electrons. The smallest absolute Gasteiger partial charge is 0.405 e. The minimum atomic E-state index is -0.583. The summed E-state index contributed by atoms with van der Waals surface area (Å²) in [6.07, 6.45) is 6.57. The molecule has 1 amide bonds. The topological polar surface area (TPSA) is 52.3 Å². The van der Waals surface area contributed by atoms with Crippen molar-refractivity contribution in [2.24, 2.45) is 23.0 Å². The van der Waals surface area contributed by atoms with Gasteiger partial charge in [0.2, 0.25) is 0 Å². The Hall–Kier alpha value is -0.730. The summed E-state index contributed by atoms with van der Waals surface area (Å²) in [5.74, 6) is 1.55. The maximum Gasteiger partial charge on any atom is 0.405 e. The molecule has 0 saturated heterocycles. The number of primary amides is 1. The summed E-state index contributed by atoms with van der Waals surface area (Å²) in [5, 5.41) is 0. The predicted molar refractivity (Wildman–Crippen MR) is 56.2 cm³/mol. The fraction of sp³-hybridized carbons (Fsp3) is 0.917. The van der Waals surface area contributed by atoms with Crippen LogP contribution in [-0.2, 0) is 4.74 Å². The van der Waals surface area contributed by atoms with E-state index in [4.69, 9.17) is 10.5 Å². The van der Waals surface area contributed by atoms with E-state index in [1.54, 1.807) is 0 Å². The Morgan fingerprint density at radius 3 is 2.33 bits per heavy atom. The number of carbonyl (C=O) groups excluding carboxylic acids is 1. The molecule has 0 aliphatic heterocycles. The van der Waals surface area contributed by atoms with E-state index in [1.165, 1.54) is 19.3 Å². The second-order valence-corrected chi connectivity index (χ2v) is 6.38. The number of hydrogen-bond donors (Lipinski definition) is 1. The molecule has 0 aromatic carbocycles. The van der Waals surface area contributed by atoms with E-state index in [9.17, 15) is 4.79 Å². The van der Waals surface area contributed by atoms with Gasteiger partial charge in [0.1, 0.15) is 5.60 Å². The SMILES string of the molecule is CC12CC3CC(C1)CC(OC(N)=O)(C3)C2. The van der Waals surface area contributed by atoms with Crippen molar-refractivity contribution in [3.8, 4) is 0 Å². The minimum absolute atomic E-state index is 0.190. The van der Waals surface area contributed by atoms with Gasteiger partial charge in [0, 0.05) is 0 Å². The van der Waals surface area contributed by atoms with Crippen molar-refractivity contribution in [2.45, 2.75) is 51.0 Å². The Kier molecular flexibility index (Phi) is 1.70. The van der Waals surface area contributed by atoms with E-state index in [-0.39, 0.29) is 5.60 Å². The average molecular weight is 209 g/mol. The summed E-state index contributed by atoms with van der Waals surface area (Å²) >= 11 is 0. The lowest BCUT2D eigenvalue weighted by atomic mass is 9.48. The summed E-state index contributed by atoms with van der Waals surface area (Å²) in [6.45, 7) is 2.35. The van der Waals surface area contributed by atoms with Gasteiger partial charge < -0.3 is 10.5 Å². The van der Waals surface area contributed by atoms with Gasteiger partial charge in [-0.15, -0.1) is 0 Å². The van der Waals surface area contributed by atoms with Gasteiger partial charge in [0.25, 0.3) is 0 Å². The molecule has 4 bridgehead atoms. The van der Waals surface area contributed by atoms with E-state index in [0.29, 0.717) is 5.41 Å². The number of carbonyl (C=O) groups is 1. The van der Waals surface area contributed by atoms with Gasteiger partial charge in [0.05, 0.1) is 0 Å². The molecule has 4 aliphatic rings. The van der Waals surface area contributed by atoms with Crippen LogP contribution >= 0.6 is 0 Å². The van der Waals surface area contributed by atoms with Crippen LogP contribution in [-0.4, -0.2) is 11.7 Å². The first kappa shape index (κ1) is 9.49. The first-order valence-electron chi connectivity index (χ1n) is 5.97. The van der Waals surface area contributed by atoms with Crippen LogP contribution in [0.5, 0.6) is 0 Å². The molecular formula is C12H19NO2. The summed E-state index contributed by atoms with van der Waals surface area (Å²) in [5.41, 5.74) is 5.42. The highest BCUT2D eigenvalue weighted by Gasteiger charge is 2.57. The van der Waals surface area contributed by atoms with Crippen LogP contribution in [0.15, 0.2) is 0 Å². The normalized spacial score (nSPS) is 51.8. The largest absolute Gasteiger partial charge is 0.443 e. The fourth-order valence-electron chi connectivity index (χ4n) is 4.96. The van der Waals surface area contributed by atoms with Gasteiger partial charge in [-0.05, 0) is 55.8 Å². The molecular weight excluding hydrogens is 190 g/mol. The molecule has 2 unspecified atom stereocenters. The zero-order valence-corrected chi connectivity index (χ0v) is 9.29. The van der Waals surface area contributed by atoms with Crippen LogP contribution < -0.4 is 5.73 Å². The zero-order chi connectivity index (χ0) is 10.7. The van der Waals surface area contributed by atoms with E-state index in [1.807, 2.05) is 0 Å². The van der Waals surface area contributed by atoms with Gasteiger partial charge in [-0.25, -0.2) is 4.79 Å². The number of hydrogen-bond acceptors (Lipinski definition) is 2. The van der Waals surface area contributed by atoms with Crippen molar-refractivity contribution in [1.82, 2.24) is 0 Å². The Bertz CT molecular complexity index is 299. The molecule has 4 rings (SSSR count). The fourth-order valence-corrected chi connectivity index (χ4v) is 4.96. The maximum absolute atomic E-state index is 11.0. The Morgan fingerprint density at radius 2 is 1.87 bits per heavy atom. The second kappa shape index (κ2) is 2.69. The molecule has 2 N–H and O–H groups in total. The average Bonchev–Trinajstić information content (AvgIpc) is 1.94. The third kappa shape index (κ3) is 1.44. The first-order valence-corrected chi connectivity index (χ1v) is 5.97. The van der Waals surface area contributed by atoms with Crippen LogP contribution in [0.4, 0.5) is 4.79 Å². The first-order chi connectivity index (χ1) is 6.99. The van der Waals surface area contributed by atoms with Crippen molar-refractivity contribution < 1.29 is 9.53 Å². The highest BCUT2D eigenvalue weighted by atomic mass is 16.6. The lowest BCUT2D eigenvalue weighted by Gasteiger charge is -2.60. The van der Waals surface area contributed by atoms with E-state index >= 15 is 0 Å². The highest BCUT2D eigenvalue weighted by Crippen LogP contribution is 2.62. The monoisotopic (exact) mass is 209 g/mol. The molecule has 4 aliphatic carbocycles. The summed E-state index contributed by atoms with van der Waals surface area (Å²) in [4.78, 5) is 11.0. The summed E-state index contributed by atoms with van der Waals surface area (Å²) in [6, 6.07) is 0. The van der Waals surface area contributed by atoms with Crippen molar-refractivity contribution in [2.75, 3.05) is 0 Å². The molecule has 84 valence electrons. The van der Waals surface area contributed by atoms with Gasteiger partial charge in [-0.1, -0.05) is 6.92 Å². The van der Waals surface area contributed by atoms with Crippen LogP contribution in [0.2, 0.25) is 0 Å². The predicted octanol–water partition coefficient (Wildman–Crippen LogP) is 2.44. The van der Waals surface area contributed by atoms with Crippen molar-refractivity contribution in [3.63, 3.8) is 0 Å². The van der Waals surface area contributed by atoms with Crippen LogP contribution in [0.25, 0.3) is 0 Å². The minimum Gasteiger partial charge on any atom is -0.443 e. The molecule has 0 aromatic rings. The van der Waals surface area contributed by atoms with Gasteiger partial charge in [-0.2, -0.15) is 0 Å². The molecule has 4 saturated carbocycles. The second-order valence-electron chi connectivity index (χ2n) is 6.38. The molecule has 0 aromatic heterocycles. The molecule has 2 atom stereocenters. The Morgan fingerprint density at radius 1 is 1.27 bits per heavy atom. The van der Waals surface area contributed by atoms with Crippen LogP contribution in [0, 0.1) is 17.3 Å². The molecule has 15 heavy (non-hydrogen) atoms. The third-order valence-electron chi connectivity index (χ3n) is 4.62. The highest BCUT2D eigenvalue weighted by molar-refractivity contribution is 5.65. The molecule has 0 spiro atoms. The van der Waals surface area contributed by atoms with E-state index in [2.05, 4.69) is 6.92 Å². The van der Waals surface area contributed by atoms with Crippen molar-refractivity contribution >= 4 is 6.09 Å². The van der Waals surface area contributed by atoms with E-state index in [0.717, 1.165) is 31.1 Å². The van der Waals surface area contributed by atoms with Crippen LogP contribution in [0.1, 0.15) is 45.4 Å². The van der Waals surface area contributed by atoms with E-state index < -0.39 is 6.09 Å². The number of ether oxygens (including phenoxy) is 1. The van der Waals surface area contributed by atoms with Crippen LogP contribution in [0.3, 0.4) is 0 Å². The Balaban J connectivity index is 1.89. The standard InChI is InChI=1S/C12H19NO2/c1-11-3-8-2-9(4-11)6-12(5-8,7-11)15-10(13)14/h8-9H,2-7H2,1H3,(H2,13,14). The molecule has 3 heteroatoms. The van der Waals surface area contributed by atoms with Crippen molar-refractivity contribution in [3.05, 3.63) is 0 Å². The third-order valence-corrected chi connectivity index (χ3v) is 4.62. The maximum atomic E-state index is 11.0. The van der Waals surface area contributed by atoms with Gasteiger partial charge in [-0.3, -0.25) is 0 Å². The number of amides is 1. The lowest BCUT2D eigenvalue weighted by molar-refractivity contribution is -0.157. The summed E-state index contributed by atoms with van der Waals surface area (Å²) in [7, 11) is 0. The van der Waals surface area contributed by atoms with Gasteiger partial charge >= 0.3 is 6.09 Å². The molecule has 4 fully saturated rings. The van der Waals surface area contributed by atoms with Gasteiger partial charge in [0.15, 0.2) is 0 Å². The summed E-state index contributed by atoms with van der Waals surface area (Å²) < 4.78 is 5.45. The quantitative estimate of drug-likeness (QED) is 0.721.